The van der Waals surface area contributed by atoms with Crippen LogP contribution in [0.4, 0.5) is 11.4 Å². The van der Waals surface area contributed by atoms with Crippen molar-refractivity contribution in [2.75, 3.05) is 4.90 Å². The summed E-state index contributed by atoms with van der Waals surface area (Å²) in [6, 6.07) is 47.3. The topological polar surface area (TPSA) is 29.0 Å². The van der Waals surface area contributed by atoms with E-state index in [0.29, 0.717) is 5.92 Å². The quantitative estimate of drug-likeness (QED) is 0.214. The van der Waals surface area contributed by atoms with Crippen LogP contribution in [0.2, 0.25) is 0 Å². The Hall–Kier alpha value is -5.54. The molecule has 0 fully saturated rings. The molecule has 3 aliphatic rings. The molecule has 0 spiro atoms. The van der Waals surface area contributed by atoms with Crippen LogP contribution in [0.3, 0.4) is 0 Å². The molecule has 0 radical (unpaired) electrons. The van der Waals surface area contributed by atoms with Crippen molar-refractivity contribution < 1.29 is 0 Å². The summed E-state index contributed by atoms with van der Waals surface area (Å²) < 4.78 is 0. The Morgan fingerprint density at radius 2 is 1.18 bits per heavy atom. The predicted octanol–water partition coefficient (Wildman–Crippen LogP) is 10.1. The Morgan fingerprint density at radius 3 is 1.95 bits per heavy atom. The second-order valence-electron chi connectivity index (χ2n) is 12.0. The molecule has 1 aliphatic carbocycles. The number of allylic oxidation sites excluding steroid dienone is 2. The molecule has 1 aromatic heterocycles. The molecule has 0 saturated carbocycles. The number of hydrogen-bond donors (Lipinski definition) is 0. The van der Waals surface area contributed by atoms with Gasteiger partial charge in [-0.2, -0.15) is 0 Å². The van der Waals surface area contributed by atoms with E-state index in [0.717, 1.165) is 33.9 Å². The van der Waals surface area contributed by atoms with E-state index in [2.05, 4.69) is 139 Å². The lowest BCUT2D eigenvalue weighted by Gasteiger charge is -2.37. The summed E-state index contributed by atoms with van der Waals surface area (Å²) in [5, 5.41) is 0. The molecular formula is C41H29N3. The molecule has 208 valence electrons. The summed E-state index contributed by atoms with van der Waals surface area (Å²) in [6.45, 7) is 2.39. The summed E-state index contributed by atoms with van der Waals surface area (Å²) in [5.41, 5.74) is 13.8. The first-order valence-electron chi connectivity index (χ1n) is 15.2. The zero-order valence-electron chi connectivity index (χ0n) is 24.4. The lowest BCUT2D eigenvalue weighted by molar-refractivity contribution is 0.575. The highest BCUT2D eigenvalue weighted by atomic mass is 15.3. The lowest BCUT2D eigenvalue weighted by atomic mass is 9.75. The minimum atomic E-state index is -0.133. The Morgan fingerprint density at radius 1 is 0.568 bits per heavy atom. The van der Waals surface area contributed by atoms with Crippen LogP contribution in [-0.4, -0.2) is 15.5 Å². The molecule has 0 amide bonds. The van der Waals surface area contributed by atoms with Gasteiger partial charge in [-0.1, -0.05) is 133 Å². The molecule has 3 nitrogen and oxygen atoms in total. The number of fused-ring (bicyclic) bond motifs is 6. The number of benzene rings is 5. The molecule has 0 bridgehead atoms. The van der Waals surface area contributed by atoms with E-state index >= 15 is 0 Å². The molecule has 5 aromatic carbocycles. The molecule has 3 heteroatoms. The first-order valence-corrected chi connectivity index (χ1v) is 15.2. The predicted molar refractivity (Wildman–Crippen MR) is 181 cm³/mol. The van der Waals surface area contributed by atoms with Crippen molar-refractivity contribution in [3.8, 4) is 45.0 Å². The number of para-hydroxylation sites is 1. The van der Waals surface area contributed by atoms with E-state index in [4.69, 9.17) is 9.97 Å². The maximum atomic E-state index is 5.15. The Labute approximate surface area is 257 Å². The van der Waals surface area contributed by atoms with Gasteiger partial charge in [-0.15, -0.1) is 0 Å². The Bertz CT molecular complexity index is 2130. The molecule has 0 saturated heterocycles. The molecule has 0 N–H and O–H groups in total. The molecule has 2 unspecified atom stereocenters. The SMILES string of the molecule is CC12C3=CC=CC1c1ccccc1N2c1cc(-c2cc(-c4ccc(-c5ccccc5)cc4)nc(-c4ccccc4)n2)ccc13. The van der Waals surface area contributed by atoms with Gasteiger partial charge in [0.1, 0.15) is 0 Å². The van der Waals surface area contributed by atoms with Crippen LogP contribution in [0.15, 0.2) is 152 Å². The number of nitrogens with zero attached hydrogens (tertiary/aromatic N) is 3. The van der Waals surface area contributed by atoms with E-state index in [1.165, 1.54) is 39.2 Å². The third kappa shape index (κ3) is 3.62. The fraction of sp³-hybridized carbons (Fsp3) is 0.0732. The minimum Gasteiger partial charge on any atom is -0.330 e. The smallest absolute Gasteiger partial charge is 0.160 e. The van der Waals surface area contributed by atoms with Gasteiger partial charge in [-0.25, -0.2) is 9.97 Å². The summed E-state index contributed by atoms with van der Waals surface area (Å²) in [5.74, 6) is 1.05. The monoisotopic (exact) mass is 563 g/mol. The van der Waals surface area contributed by atoms with E-state index in [1.807, 2.05) is 24.3 Å². The summed E-state index contributed by atoms with van der Waals surface area (Å²) in [4.78, 5) is 12.8. The minimum absolute atomic E-state index is 0.133. The largest absolute Gasteiger partial charge is 0.330 e. The highest BCUT2D eigenvalue weighted by Crippen LogP contribution is 2.64. The van der Waals surface area contributed by atoms with Gasteiger partial charge in [-0.05, 0) is 47.4 Å². The third-order valence-corrected chi connectivity index (χ3v) is 9.57. The average Bonchev–Trinajstić information content (AvgIpc) is 3.52. The Balaban J connectivity index is 1.19. The zero-order valence-corrected chi connectivity index (χ0v) is 24.4. The molecular weight excluding hydrogens is 534 g/mol. The fourth-order valence-corrected chi connectivity index (χ4v) is 7.43. The summed E-state index contributed by atoms with van der Waals surface area (Å²) >= 11 is 0. The van der Waals surface area contributed by atoms with Crippen molar-refractivity contribution in [3.63, 3.8) is 0 Å². The van der Waals surface area contributed by atoms with Gasteiger partial charge in [0.2, 0.25) is 0 Å². The van der Waals surface area contributed by atoms with Gasteiger partial charge in [0.15, 0.2) is 5.82 Å². The normalized spacial score (nSPS) is 18.9. The highest BCUT2D eigenvalue weighted by Gasteiger charge is 2.55. The zero-order chi connectivity index (χ0) is 29.3. The summed E-state index contributed by atoms with van der Waals surface area (Å²) in [6.07, 6.45) is 6.90. The molecule has 6 aromatic rings. The van der Waals surface area contributed by atoms with E-state index < -0.39 is 0 Å². The van der Waals surface area contributed by atoms with Gasteiger partial charge in [0, 0.05) is 33.9 Å². The number of rotatable bonds is 4. The number of aromatic nitrogens is 2. The maximum absolute atomic E-state index is 5.15. The molecule has 2 aliphatic heterocycles. The first-order chi connectivity index (χ1) is 21.7. The standard InChI is InChI=1S/C41H29N3/c1-41-34-16-10-17-35(41)33-24-23-31(25-39(33)44(41)38-18-9-8-15-32(34)38)37-26-36(42-40(43-37)30-13-6-3-7-14-30)29-21-19-28(20-22-29)27-11-4-2-5-12-27/h2-26,34H,1H3. The van der Waals surface area contributed by atoms with Gasteiger partial charge < -0.3 is 4.90 Å². The van der Waals surface area contributed by atoms with Crippen LogP contribution >= 0.6 is 0 Å². The van der Waals surface area contributed by atoms with Gasteiger partial charge in [0.25, 0.3) is 0 Å². The van der Waals surface area contributed by atoms with E-state index in [1.54, 1.807) is 0 Å². The van der Waals surface area contributed by atoms with Crippen molar-refractivity contribution in [1.29, 1.82) is 0 Å². The molecule has 44 heavy (non-hydrogen) atoms. The van der Waals surface area contributed by atoms with Crippen molar-refractivity contribution in [2.24, 2.45) is 0 Å². The molecule has 9 rings (SSSR count). The van der Waals surface area contributed by atoms with Crippen LogP contribution in [0.1, 0.15) is 24.0 Å². The second kappa shape index (κ2) is 9.48. The van der Waals surface area contributed by atoms with Crippen LogP contribution in [0.25, 0.3) is 50.6 Å². The third-order valence-electron chi connectivity index (χ3n) is 9.57. The number of anilines is 2. The fourth-order valence-electron chi connectivity index (χ4n) is 7.43. The van der Waals surface area contributed by atoms with Crippen molar-refractivity contribution >= 4 is 16.9 Å². The maximum Gasteiger partial charge on any atom is 0.160 e. The highest BCUT2D eigenvalue weighted by molar-refractivity contribution is 6.01. The Kier molecular flexibility index (Phi) is 5.39. The van der Waals surface area contributed by atoms with Crippen molar-refractivity contribution in [1.82, 2.24) is 9.97 Å². The molecule has 2 atom stereocenters. The number of hydrogen-bond acceptors (Lipinski definition) is 3. The van der Waals surface area contributed by atoms with E-state index in [9.17, 15) is 0 Å². The lowest BCUT2D eigenvalue weighted by Crippen LogP contribution is -2.40. The second-order valence-corrected chi connectivity index (χ2v) is 12.0. The molecule has 3 heterocycles. The van der Waals surface area contributed by atoms with Crippen LogP contribution in [0.5, 0.6) is 0 Å². The van der Waals surface area contributed by atoms with Crippen LogP contribution < -0.4 is 4.90 Å². The first kappa shape index (κ1) is 25.0. The van der Waals surface area contributed by atoms with Crippen LogP contribution in [-0.2, 0) is 0 Å². The van der Waals surface area contributed by atoms with Crippen LogP contribution in [0, 0.1) is 0 Å². The van der Waals surface area contributed by atoms with Gasteiger partial charge in [0.05, 0.1) is 22.6 Å². The summed E-state index contributed by atoms with van der Waals surface area (Å²) in [7, 11) is 0. The van der Waals surface area contributed by atoms with Crippen molar-refractivity contribution in [3.05, 3.63) is 163 Å². The van der Waals surface area contributed by atoms with Crippen molar-refractivity contribution in [2.45, 2.75) is 18.4 Å². The van der Waals surface area contributed by atoms with Gasteiger partial charge >= 0.3 is 0 Å². The van der Waals surface area contributed by atoms with E-state index in [-0.39, 0.29) is 5.54 Å². The van der Waals surface area contributed by atoms with Gasteiger partial charge in [-0.3, -0.25) is 0 Å². The average molecular weight is 564 g/mol.